The first-order chi connectivity index (χ1) is 17.1. The molecular formula is C24H28N4O6S2. The summed E-state index contributed by atoms with van der Waals surface area (Å²) in [6.07, 6.45) is 2.52. The molecule has 2 atom stereocenters. The van der Waals surface area contributed by atoms with E-state index in [1.165, 1.54) is 48.5 Å². The van der Waals surface area contributed by atoms with Crippen molar-refractivity contribution in [2.24, 2.45) is 17.8 Å². The van der Waals surface area contributed by atoms with Crippen molar-refractivity contribution in [1.29, 1.82) is 5.26 Å². The summed E-state index contributed by atoms with van der Waals surface area (Å²) < 4.78 is 53.3. The average Bonchev–Trinajstić information content (AvgIpc) is 3.10. The number of hydrogen-bond acceptors (Lipinski definition) is 8. The fourth-order valence-corrected chi connectivity index (χ4v) is 7.69. The summed E-state index contributed by atoms with van der Waals surface area (Å²) in [7, 11) is -7.18. The predicted octanol–water partition coefficient (Wildman–Crippen LogP) is 2.57. The van der Waals surface area contributed by atoms with Crippen LogP contribution in [0.3, 0.4) is 0 Å². The highest BCUT2D eigenvalue weighted by Gasteiger charge is 2.42. The third-order valence-electron chi connectivity index (χ3n) is 7.20. The van der Waals surface area contributed by atoms with E-state index in [-0.39, 0.29) is 27.1 Å². The molecule has 1 saturated heterocycles. The minimum absolute atomic E-state index is 0.00126. The van der Waals surface area contributed by atoms with Gasteiger partial charge in [0, 0.05) is 31.8 Å². The van der Waals surface area contributed by atoms with Crippen molar-refractivity contribution < 1.29 is 21.8 Å². The van der Waals surface area contributed by atoms with Gasteiger partial charge < -0.3 is 4.90 Å². The van der Waals surface area contributed by atoms with Crippen LogP contribution in [0.5, 0.6) is 0 Å². The molecule has 2 aromatic carbocycles. The van der Waals surface area contributed by atoms with Crippen LogP contribution in [0.2, 0.25) is 0 Å². The lowest BCUT2D eigenvalue weighted by Gasteiger charge is -2.38. The van der Waals surface area contributed by atoms with E-state index in [4.69, 9.17) is 5.26 Å². The summed E-state index contributed by atoms with van der Waals surface area (Å²) in [5.74, 6) is 0.900. The number of sulfone groups is 1. The summed E-state index contributed by atoms with van der Waals surface area (Å²) in [4.78, 5) is 12.7. The van der Waals surface area contributed by atoms with Crippen molar-refractivity contribution in [3.8, 4) is 6.07 Å². The summed E-state index contributed by atoms with van der Waals surface area (Å²) in [6.45, 7) is 2.58. The first-order valence-corrected chi connectivity index (χ1v) is 14.9. The standard InChI is InChI=1S/C24H28N4O6S2/c25-14-18-2-8-22(9-3-18)35(31,32)13-1-12-27-16-19-4-5-20(17-27)24(19)15-26-36(33,34)23-10-6-21(7-11-23)28(29)30/h2-3,6-11,19-20,24,26H,1,4-5,12-13,15-17H2. The number of likely N-dealkylation sites (tertiary alicyclic amines) is 1. The molecule has 1 heterocycles. The predicted molar refractivity (Wildman–Crippen MR) is 132 cm³/mol. The zero-order valence-corrected chi connectivity index (χ0v) is 21.2. The molecule has 1 aliphatic carbocycles. The van der Waals surface area contributed by atoms with Gasteiger partial charge in [-0.15, -0.1) is 0 Å². The Morgan fingerprint density at radius 1 is 0.972 bits per heavy atom. The molecule has 0 amide bonds. The van der Waals surface area contributed by atoms with Crippen LogP contribution in [0.25, 0.3) is 0 Å². The molecule has 2 aromatic rings. The maximum atomic E-state index is 12.7. The maximum Gasteiger partial charge on any atom is 0.269 e. The normalized spacial score (nSPS) is 22.2. The lowest BCUT2D eigenvalue weighted by atomic mass is 9.85. The van der Waals surface area contributed by atoms with Gasteiger partial charge in [0.05, 0.1) is 32.1 Å². The van der Waals surface area contributed by atoms with Crippen LogP contribution in [0.15, 0.2) is 58.3 Å². The van der Waals surface area contributed by atoms with Crippen LogP contribution in [-0.2, 0) is 19.9 Å². The van der Waals surface area contributed by atoms with Crippen molar-refractivity contribution in [1.82, 2.24) is 9.62 Å². The second-order valence-electron chi connectivity index (χ2n) is 9.43. The molecule has 2 bridgehead atoms. The van der Waals surface area contributed by atoms with Gasteiger partial charge in [0.25, 0.3) is 5.69 Å². The molecule has 0 aromatic heterocycles. The molecular weight excluding hydrogens is 504 g/mol. The van der Waals surface area contributed by atoms with Crippen LogP contribution >= 0.6 is 0 Å². The number of fused-ring (bicyclic) bond motifs is 2. The van der Waals surface area contributed by atoms with Crippen molar-refractivity contribution in [2.75, 3.05) is 31.9 Å². The number of nitro benzene ring substituents is 1. The van der Waals surface area contributed by atoms with Crippen molar-refractivity contribution >= 4 is 25.5 Å². The van der Waals surface area contributed by atoms with Gasteiger partial charge in [0.15, 0.2) is 9.84 Å². The molecule has 2 unspecified atom stereocenters. The molecule has 10 nitrogen and oxygen atoms in total. The maximum absolute atomic E-state index is 12.7. The Morgan fingerprint density at radius 2 is 1.56 bits per heavy atom. The number of piperidine rings is 1. The van der Waals surface area contributed by atoms with Crippen LogP contribution in [0.4, 0.5) is 5.69 Å². The van der Waals surface area contributed by atoms with Crippen molar-refractivity contribution in [3.05, 3.63) is 64.2 Å². The van der Waals surface area contributed by atoms with Gasteiger partial charge in [-0.2, -0.15) is 5.26 Å². The largest absolute Gasteiger partial charge is 0.303 e. The summed E-state index contributed by atoms with van der Waals surface area (Å²) >= 11 is 0. The van der Waals surface area contributed by atoms with Gasteiger partial charge in [-0.1, -0.05) is 0 Å². The van der Waals surface area contributed by atoms with Gasteiger partial charge in [-0.3, -0.25) is 10.1 Å². The highest BCUT2D eigenvalue weighted by atomic mass is 32.2. The average molecular weight is 533 g/mol. The Balaban J connectivity index is 1.27. The number of non-ortho nitro benzene ring substituents is 1. The lowest BCUT2D eigenvalue weighted by molar-refractivity contribution is -0.384. The fourth-order valence-electron chi connectivity index (χ4n) is 5.32. The Bertz CT molecular complexity index is 1340. The molecule has 36 heavy (non-hydrogen) atoms. The van der Waals surface area contributed by atoms with Crippen LogP contribution < -0.4 is 4.72 Å². The Hall–Kier alpha value is -2.85. The van der Waals surface area contributed by atoms with Gasteiger partial charge >= 0.3 is 0 Å². The summed E-state index contributed by atoms with van der Waals surface area (Å²) in [5.41, 5.74) is 0.256. The quantitative estimate of drug-likeness (QED) is 0.362. The first kappa shape index (κ1) is 26.2. The van der Waals surface area contributed by atoms with E-state index in [9.17, 15) is 26.9 Å². The second-order valence-corrected chi connectivity index (χ2v) is 13.3. The van der Waals surface area contributed by atoms with Gasteiger partial charge in [-0.05, 0) is 80.0 Å². The van der Waals surface area contributed by atoms with Crippen molar-refractivity contribution in [2.45, 2.75) is 29.1 Å². The lowest BCUT2D eigenvalue weighted by Crippen LogP contribution is -2.46. The number of hydrogen-bond donors (Lipinski definition) is 1. The Kier molecular flexibility index (Phi) is 7.75. The van der Waals surface area contributed by atoms with Crippen molar-refractivity contribution in [3.63, 3.8) is 0 Å². The molecule has 2 fully saturated rings. The molecule has 1 N–H and O–H groups in total. The zero-order valence-electron chi connectivity index (χ0n) is 19.6. The van der Waals surface area contributed by atoms with Gasteiger partial charge in [0.2, 0.25) is 10.0 Å². The number of sulfonamides is 1. The summed E-state index contributed by atoms with van der Waals surface area (Å²) in [5, 5.41) is 19.7. The van der Waals surface area contributed by atoms with Gasteiger partial charge in [-0.25, -0.2) is 21.6 Å². The SMILES string of the molecule is N#Cc1ccc(S(=O)(=O)CCCN2CC3CCC(C2)C3CNS(=O)(=O)c2ccc([N+](=O)[O-])cc2)cc1. The van der Waals surface area contributed by atoms with E-state index in [1.54, 1.807) is 0 Å². The van der Waals surface area contributed by atoms with Crippen LogP contribution in [-0.4, -0.2) is 58.6 Å². The fraction of sp³-hybridized carbons (Fsp3) is 0.458. The molecule has 1 saturated carbocycles. The molecule has 192 valence electrons. The second kappa shape index (κ2) is 10.6. The first-order valence-electron chi connectivity index (χ1n) is 11.8. The minimum atomic E-state index is -3.77. The summed E-state index contributed by atoms with van der Waals surface area (Å²) in [6, 6.07) is 12.8. The topological polar surface area (TPSA) is 150 Å². The molecule has 1 aliphatic heterocycles. The number of nitrogens with zero attached hydrogens (tertiary/aromatic N) is 3. The molecule has 2 aliphatic rings. The number of rotatable bonds is 10. The molecule has 0 radical (unpaired) electrons. The van der Waals surface area contributed by atoms with E-state index in [0.717, 1.165) is 25.9 Å². The Morgan fingerprint density at radius 3 is 2.11 bits per heavy atom. The highest BCUT2D eigenvalue weighted by molar-refractivity contribution is 7.91. The Labute approximate surface area is 211 Å². The van der Waals surface area contributed by atoms with E-state index in [2.05, 4.69) is 9.62 Å². The van der Waals surface area contributed by atoms with Crippen LogP contribution in [0.1, 0.15) is 24.8 Å². The smallest absolute Gasteiger partial charge is 0.269 e. The van der Waals surface area contributed by atoms with E-state index < -0.39 is 24.8 Å². The minimum Gasteiger partial charge on any atom is -0.303 e. The number of nitriles is 1. The molecule has 4 rings (SSSR count). The van der Waals surface area contributed by atoms with Gasteiger partial charge in [0.1, 0.15) is 0 Å². The van der Waals surface area contributed by atoms with E-state index in [1.807, 2.05) is 6.07 Å². The highest BCUT2D eigenvalue weighted by Crippen LogP contribution is 2.41. The third kappa shape index (κ3) is 5.92. The van der Waals surface area contributed by atoms with E-state index >= 15 is 0 Å². The molecule has 0 spiro atoms. The number of benzene rings is 2. The number of nitrogens with one attached hydrogen (secondary N) is 1. The monoisotopic (exact) mass is 532 g/mol. The zero-order chi connectivity index (χ0) is 25.9. The van der Waals surface area contributed by atoms with Crippen LogP contribution in [0, 0.1) is 39.2 Å². The van der Waals surface area contributed by atoms with E-state index in [0.29, 0.717) is 36.9 Å². The number of nitro groups is 1. The third-order valence-corrected chi connectivity index (χ3v) is 10.5. The molecule has 12 heteroatoms.